The topological polar surface area (TPSA) is 43.9 Å². The fourth-order valence-corrected chi connectivity index (χ4v) is 3.35. The molecule has 1 aliphatic carbocycles. The number of rotatable bonds is 2. The minimum absolute atomic E-state index is 0.174. The van der Waals surface area contributed by atoms with Crippen molar-refractivity contribution >= 4 is 27.6 Å². The number of halogens is 4. The molecule has 0 unspecified atom stereocenters. The van der Waals surface area contributed by atoms with Gasteiger partial charge in [0.15, 0.2) is 0 Å². The number of allylic oxidation sites excluding steroid dienone is 1. The number of alkyl halides is 3. The third kappa shape index (κ3) is 2.41. The molecule has 1 heterocycles. The molecule has 0 amide bonds. The molecule has 2 aromatic rings. The molecule has 23 heavy (non-hydrogen) atoms. The summed E-state index contributed by atoms with van der Waals surface area (Å²) in [6.45, 7) is 0. The monoisotopic (exact) mass is 380 g/mol. The summed E-state index contributed by atoms with van der Waals surface area (Å²) < 4.78 is 40.2. The van der Waals surface area contributed by atoms with E-state index in [1.165, 1.54) is 17.7 Å². The smallest absolute Gasteiger partial charge is 0.223 e. The molecule has 2 N–H and O–H groups in total. The Hall–Kier alpha value is -1.63. The van der Waals surface area contributed by atoms with Crippen molar-refractivity contribution < 1.29 is 13.2 Å². The maximum Gasteiger partial charge on any atom is 0.426 e. The molecule has 0 aromatic heterocycles. The summed E-state index contributed by atoms with van der Waals surface area (Å²) in [7, 11) is 0. The second kappa shape index (κ2) is 4.93. The minimum atomic E-state index is -4.37. The van der Waals surface area contributed by atoms with Crippen molar-refractivity contribution in [1.82, 2.24) is 10.9 Å². The highest BCUT2D eigenvalue weighted by atomic mass is 79.9. The Morgan fingerprint density at radius 1 is 1.00 bits per heavy atom. The molecule has 1 fully saturated rings. The first-order valence-corrected chi connectivity index (χ1v) is 7.89. The second-order valence-corrected chi connectivity index (χ2v) is 6.68. The Kier molecular flexibility index (Phi) is 3.20. The number of benzene rings is 2. The molecule has 0 radical (unpaired) electrons. The van der Waals surface area contributed by atoms with Crippen LogP contribution in [0, 0.1) is 0 Å². The van der Waals surface area contributed by atoms with Gasteiger partial charge in [-0.1, -0.05) is 52.3 Å². The maximum absolute atomic E-state index is 13.1. The molecule has 6 heteroatoms. The van der Waals surface area contributed by atoms with Crippen LogP contribution in [-0.4, -0.2) is 6.18 Å². The standard InChI is InChI=1S/C17H12BrF3N2/c18-15-6-3-11-7-12(8-13(11)9-15)10-1-4-14(5-2-10)16(22-23-16)17(19,20)21/h1-7,9,22-23H,8H2. The largest absolute Gasteiger partial charge is 0.426 e. The molecular formula is C17H12BrF3N2. The van der Waals surface area contributed by atoms with Gasteiger partial charge in [0.05, 0.1) is 0 Å². The molecule has 0 saturated carbocycles. The van der Waals surface area contributed by atoms with Crippen LogP contribution in [0.2, 0.25) is 0 Å². The summed E-state index contributed by atoms with van der Waals surface area (Å²) in [5.74, 6) is 0. The van der Waals surface area contributed by atoms with E-state index in [0.29, 0.717) is 0 Å². The zero-order valence-electron chi connectivity index (χ0n) is 11.8. The number of nitrogens with one attached hydrogen (secondary N) is 2. The van der Waals surface area contributed by atoms with Crippen LogP contribution in [0.5, 0.6) is 0 Å². The Morgan fingerprint density at radius 2 is 1.70 bits per heavy atom. The summed E-state index contributed by atoms with van der Waals surface area (Å²) in [6.07, 6.45) is -1.50. The van der Waals surface area contributed by atoms with Crippen LogP contribution in [0.15, 0.2) is 46.9 Å². The minimum Gasteiger partial charge on any atom is -0.223 e. The van der Waals surface area contributed by atoms with Crippen LogP contribution in [0.1, 0.15) is 22.3 Å². The number of hydrogen-bond acceptors (Lipinski definition) is 2. The SMILES string of the molecule is FC(F)(F)C1(c2ccc(C3=Cc4ccc(Br)cc4C3)cc2)NN1. The van der Waals surface area contributed by atoms with Crippen LogP contribution >= 0.6 is 15.9 Å². The summed E-state index contributed by atoms with van der Waals surface area (Å²) >= 11 is 3.45. The third-order valence-corrected chi connectivity index (χ3v) is 4.80. The van der Waals surface area contributed by atoms with Gasteiger partial charge in [0.1, 0.15) is 0 Å². The van der Waals surface area contributed by atoms with Crippen molar-refractivity contribution in [3.05, 3.63) is 69.2 Å². The average Bonchev–Trinajstić information content (AvgIpc) is 3.22. The molecule has 0 bridgehead atoms. The second-order valence-electron chi connectivity index (χ2n) is 5.76. The lowest BCUT2D eigenvalue weighted by Gasteiger charge is -2.16. The van der Waals surface area contributed by atoms with Gasteiger partial charge in [0, 0.05) is 4.47 Å². The Morgan fingerprint density at radius 3 is 2.30 bits per heavy atom. The van der Waals surface area contributed by atoms with Crippen molar-refractivity contribution in [3.8, 4) is 0 Å². The van der Waals surface area contributed by atoms with E-state index < -0.39 is 11.8 Å². The van der Waals surface area contributed by atoms with Gasteiger partial charge in [0.25, 0.3) is 0 Å². The summed E-state index contributed by atoms with van der Waals surface area (Å²) in [5, 5.41) is 0. The zero-order chi connectivity index (χ0) is 16.2. The lowest BCUT2D eigenvalue weighted by molar-refractivity contribution is -0.165. The van der Waals surface area contributed by atoms with Crippen LogP contribution in [0.25, 0.3) is 11.6 Å². The van der Waals surface area contributed by atoms with Crippen LogP contribution in [-0.2, 0) is 12.1 Å². The van der Waals surface area contributed by atoms with E-state index in [-0.39, 0.29) is 5.56 Å². The summed E-state index contributed by atoms with van der Waals surface area (Å²) in [5.41, 5.74) is 6.95. The van der Waals surface area contributed by atoms with Crippen LogP contribution < -0.4 is 10.9 Å². The van der Waals surface area contributed by atoms with Gasteiger partial charge in [-0.2, -0.15) is 13.2 Å². The number of fused-ring (bicyclic) bond motifs is 1. The first-order chi connectivity index (χ1) is 10.9. The van der Waals surface area contributed by atoms with Gasteiger partial charge >= 0.3 is 6.18 Å². The summed E-state index contributed by atoms with van der Waals surface area (Å²) in [4.78, 5) is 0. The normalized spacial score (nSPS) is 18.5. The molecule has 1 saturated heterocycles. The maximum atomic E-state index is 13.1. The predicted octanol–water partition coefficient (Wildman–Crippen LogP) is 4.37. The van der Waals surface area contributed by atoms with E-state index in [2.05, 4.69) is 38.9 Å². The fraction of sp³-hybridized carbons (Fsp3) is 0.176. The molecular weight excluding hydrogens is 369 g/mol. The molecule has 0 spiro atoms. The highest BCUT2D eigenvalue weighted by Gasteiger charge is 2.65. The van der Waals surface area contributed by atoms with E-state index in [1.54, 1.807) is 12.1 Å². The highest BCUT2D eigenvalue weighted by molar-refractivity contribution is 9.10. The first-order valence-electron chi connectivity index (χ1n) is 7.10. The summed E-state index contributed by atoms with van der Waals surface area (Å²) in [6, 6.07) is 12.6. The van der Waals surface area contributed by atoms with Gasteiger partial charge in [-0.05, 0) is 46.4 Å². The van der Waals surface area contributed by atoms with E-state index in [9.17, 15) is 13.2 Å². The number of hydrogen-bond donors (Lipinski definition) is 2. The predicted molar refractivity (Wildman–Crippen MR) is 86.2 cm³/mol. The molecule has 1 aliphatic heterocycles. The quantitative estimate of drug-likeness (QED) is 0.759. The lowest BCUT2D eigenvalue weighted by Crippen LogP contribution is -2.34. The molecule has 2 nitrogen and oxygen atoms in total. The molecule has 4 rings (SSSR count). The Labute approximate surface area is 139 Å². The molecule has 118 valence electrons. The number of hydrazine groups is 1. The van der Waals surface area contributed by atoms with E-state index in [1.807, 2.05) is 12.1 Å². The third-order valence-electron chi connectivity index (χ3n) is 4.30. The van der Waals surface area contributed by atoms with Gasteiger partial charge in [-0.3, -0.25) is 0 Å². The molecule has 2 aliphatic rings. The van der Waals surface area contributed by atoms with Gasteiger partial charge < -0.3 is 0 Å². The Bertz CT molecular complexity index is 806. The van der Waals surface area contributed by atoms with Gasteiger partial charge in [0.2, 0.25) is 5.66 Å². The zero-order valence-corrected chi connectivity index (χ0v) is 13.4. The van der Waals surface area contributed by atoms with Crippen molar-refractivity contribution in [2.45, 2.75) is 18.3 Å². The lowest BCUT2D eigenvalue weighted by atomic mass is 9.98. The van der Waals surface area contributed by atoms with E-state index in [0.717, 1.165) is 27.6 Å². The van der Waals surface area contributed by atoms with Crippen molar-refractivity contribution in [3.63, 3.8) is 0 Å². The van der Waals surface area contributed by atoms with E-state index >= 15 is 0 Å². The highest BCUT2D eigenvalue weighted by Crippen LogP contribution is 2.42. The van der Waals surface area contributed by atoms with Crippen molar-refractivity contribution in [1.29, 1.82) is 0 Å². The first kappa shape index (κ1) is 14.9. The van der Waals surface area contributed by atoms with Crippen molar-refractivity contribution in [2.24, 2.45) is 0 Å². The van der Waals surface area contributed by atoms with Crippen molar-refractivity contribution in [2.75, 3.05) is 0 Å². The van der Waals surface area contributed by atoms with Gasteiger partial charge in [-0.25, -0.2) is 10.9 Å². The van der Waals surface area contributed by atoms with Crippen LogP contribution in [0.3, 0.4) is 0 Å². The Balaban J connectivity index is 1.61. The van der Waals surface area contributed by atoms with E-state index in [4.69, 9.17) is 0 Å². The molecule has 0 atom stereocenters. The van der Waals surface area contributed by atoms with Crippen LogP contribution in [0.4, 0.5) is 13.2 Å². The molecule has 2 aromatic carbocycles. The fourth-order valence-electron chi connectivity index (χ4n) is 2.94. The average molecular weight is 381 g/mol. The van der Waals surface area contributed by atoms with Gasteiger partial charge in [-0.15, -0.1) is 0 Å².